The zero-order valence-corrected chi connectivity index (χ0v) is 24.0. The first kappa shape index (κ1) is 31.6. The highest BCUT2D eigenvalue weighted by Crippen LogP contribution is 2.37. The van der Waals surface area contributed by atoms with Crippen molar-refractivity contribution in [2.45, 2.75) is 58.7 Å². The van der Waals surface area contributed by atoms with Crippen molar-refractivity contribution in [2.75, 3.05) is 31.6 Å². The van der Waals surface area contributed by atoms with Gasteiger partial charge in [-0.3, -0.25) is 4.79 Å². The van der Waals surface area contributed by atoms with E-state index in [0.717, 1.165) is 43.1 Å². The number of hydrogen-bond donors (Lipinski definition) is 1. The number of piperazine rings is 1. The monoisotopic (exact) mass is 533 g/mol. The zero-order valence-electron chi connectivity index (χ0n) is 22.3. The number of halogens is 2. The van der Waals surface area contributed by atoms with Crippen molar-refractivity contribution in [3.8, 4) is 5.75 Å². The van der Waals surface area contributed by atoms with E-state index in [0.29, 0.717) is 6.04 Å². The van der Waals surface area contributed by atoms with Gasteiger partial charge in [-0.05, 0) is 82.5 Å². The summed E-state index contributed by atoms with van der Waals surface area (Å²) < 4.78 is 5.85. The third-order valence-corrected chi connectivity index (χ3v) is 6.86. The lowest BCUT2D eigenvalue weighted by Crippen LogP contribution is -2.66. The lowest BCUT2D eigenvalue weighted by Gasteiger charge is -2.51. The van der Waals surface area contributed by atoms with E-state index in [1.807, 2.05) is 49.1 Å². The molecule has 2 aromatic rings. The lowest BCUT2D eigenvalue weighted by atomic mass is 9.87. The molecule has 198 valence electrons. The summed E-state index contributed by atoms with van der Waals surface area (Å²) in [7, 11) is 1.73. The fourth-order valence-corrected chi connectivity index (χ4v) is 4.77. The van der Waals surface area contributed by atoms with Crippen LogP contribution in [-0.2, 0) is 6.42 Å². The van der Waals surface area contributed by atoms with Crippen LogP contribution in [0, 0.1) is 0 Å². The Bertz CT molecular complexity index is 1040. The Balaban J connectivity index is 0.00000324. The van der Waals surface area contributed by atoms with E-state index in [4.69, 9.17) is 4.74 Å². The molecule has 1 aliphatic rings. The van der Waals surface area contributed by atoms with Crippen LogP contribution in [0.15, 0.2) is 60.9 Å². The second kappa shape index (κ2) is 13.8. The van der Waals surface area contributed by atoms with E-state index < -0.39 is 0 Å². The van der Waals surface area contributed by atoms with Gasteiger partial charge >= 0.3 is 0 Å². The molecule has 5 nitrogen and oxygen atoms in total. The minimum Gasteiger partial charge on any atom is -0.495 e. The van der Waals surface area contributed by atoms with Crippen molar-refractivity contribution in [2.24, 2.45) is 0 Å². The molecule has 36 heavy (non-hydrogen) atoms. The van der Waals surface area contributed by atoms with Crippen molar-refractivity contribution in [3.63, 3.8) is 0 Å². The quantitative estimate of drug-likeness (QED) is 0.429. The Morgan fingerprint density at radius 2 is 1.78 bits per heavy atom. The molecule has 7 heteroatoms. The van der Waals surface area contributed by atoms with Crippen LogP contribution in [0.4, 0.5) is 5.69 Å². The van der Waals surface area contributed by atoms with E-state index >= 15 is 0 Å². The summed E-state index contributed by atoms with van der Waals surface area (Å²) in [5.74, 6) is 0.953. The van der Waals surface area contributed by atoms with Crippen LogP contribution in [0.25, 0.3) is 0 Å². The number of benzene rings is 2. The Labute approximate surface area is 229 Å². The summed E-state index contributed by atoms with van der Waals surface area (Å²) in [6, 6.07) is 14.9. The fourth-order valence-electron chi connectivity index (χ4n) is 4.77. The molecule has 0 aliphatic carbocycles. The highest BCUT2D eigenvalue weighted by molar-refractivity contribution is 5.94. The van der Waals surface area contributed by atoms with Gasteiger partial charge in [0.15, 0.2) is 0 Å². The van der Waals surface area contributed by atoms with Gasteiger partial charge in [-0.15, -0.1) is 30.5 Å². The number of nitrogens with one attached hydrogen (secondary N) is 1. The Morgan fingerprint density at radius 1 is 1.17 bits per heavy atom. The number of nitrogens with zero attached hydrogens (tertiary/aromatic N) is 2. The van der Waals surface area contributed by atoms with Gasteiger partial charge in [-0.2, -0.15) is 0 Å². The molecule has 1 aliphatic heterocycles. The molecule has 0 saturated carbocycles. The summed E-state index contributed by atoms with van der Waals surface area (Å²) in [5, 5.41) is 3.65. The molecule has 2 atom stereocenters. The smallest absolute Gasteiger partial charge is 0.253 e. The summed E-state index contributed by atoms with van der Waals surface area (Å²) in [4.78, 5) is 16.8. The number of amides is 1. The van der Waals surface area contributed by atoms with Gasteiger partial charge in [0.2, 0.25) is 0 Å². The molecule has 0 radical (unpaired) electrons. The molecule has 0 spiro atoms. The molecular weight excluding hydrogens is 493 g/mol. The highest BCUT2D eigenvalue weighted by atomic mass is 35.5. The number of carbonyl (C=O) groups excluding carboxylic acids is 1. The zero-order chi connectivity index (χ0) is 24.9. The number of rotatable bonds is 8. The largest absolute Gasteiger partial charge is 0.495 e. The predicted octanol–water partition coefficient (Wildman–Crippen LogP) is 5.90. The van der Waals surface area contributed by atoms with E-state index in [2.05, 4.69) is 61.5 Å². The summed E-state index contributed by atoms with van der Waals surface area (Å²) >= 11 is 0. The first-order valence-electron chi connectivity index (χ1n) is 12.2. The minimum atomic E-state index is -0.167. The maximum Gasteiger partial charge on any atom is 0.253 e. The van der Waals surface area contributed by atoms with Crippen molar-refractivity contribution in [3.05, 3.63) is 77.5 Å². The molecule has 0 aromatic heterocycles. The van der Waals surface area contributed by atoms with Gasteiger partial charge in [-0.25, -0.2) is 0 Å². The fraction of sp³-hybridized carbons (Fsp3) is 0.448. The maximum absolute atomic E-state index is 12.6. The second-order valence-corrected chi connectivity index (χ2v) is 9.54. The van der Waals surface area contributed by atoms with Gasteiger partial charge in [0.05, 0.1) is 24.4 Å². The van der Waals surface area contributed by atoms with Crippen LogP contribution >= 0.6 is 24.8 Å². The second-order valence-electron chi connectivity index (χ2n) is 9.54. The molecule has 1 heterocycles. The van der Waals surface area contributed by atoms with Crippen LogP contribution in [0.3, 0.4) is 0 Å². The third-order valence-electron chi connectivity index (χ3n) is 6.86. The maximum atomic E-state index is 12.6. The lowest BCUT2D eigenvalue weighted by molar-refractivity contribution is 0.0773. The standard InChI is InChI=1S/C29H39N3O2.2ClH/c1-8-11-27-29(5,6)32(20-21(4)30-27)25-17-14-23(19-26(25)34-7)18-22-12-15-24(16-13-22)28(33)31(9-2)10-3;;/h11-17,19,21,27,30H,1,9-10,18,20H2,2-7H3;2*1H. The average Bonchev–Trinajstić information content (AvgIpc) is 2.82. The number of anilines is 1. The van der Waals surface area contributed by atoms with Gasteiger partial charge in [0.1, 0.15) is 5.75 Å². The van der Waals surface area contributed by atoms with E-state index in [-0.39, 0.29) is 42.3 Å². The summed E-state index contributed by atoms with van der Waals surface area (Å²) in [6.45, 7) is 16.8. The minimum absolute atomic E-state index is 0. The first-order chi connectivity index (χ1) is 16.2. The predicted molar refractivity (Wildman–Crippen MR) is 156 cm³/mol. The van der Waals surface area contributed by atoms with Crippen molar-refractivity contribution < 1.29 is 9.53 Å². The molecule has 3 rings (SSSR count). The van der Waals surface area contributed by atoms with Crippen molar-refractivity contribution >= 4 is 36.4 Å². The van der Waals surface area contributed by atoms with Crippen LogP contribution in [0.2, 0.25) is 0 Å². The average molecular weight is 535 g/mol. The van der Waals surface area contributed by atoms with Crippen LogP contribution < -0.4 is 15.0 Å². The van der Waals surface area contributed by atoms with E-state index in [1.165, 1.54) is 11.1 Å². The summed E-state index contributed by atoms with van der Waals surface area (Å²) in [6.07, 6.45) is 2.79. The third kappa shape index (κ3) is 6.86. The number of methoxy groups -OCH3 is 1. The normalized spacial score (nSPS) is 18.2. The van der Waals surface area contributed by atoms with Gasteiger partial charge in [0, 0.05) is 31.2 Å². The SMILES string of the molecule is C=C=CC1NC(C)CN(c2ccc(Cc3ccc(C(=O)N(CC)CC)cc3)cc2OC)C1(C)C.Cl.Cl. The summed E-state index contributed by atoms with van der Waals surface area (Å²) in [5.41, 5.74) is 6.95. The number of ether oxygens (including phenoxy) is 1. The molecule has 1 saturated heterocycles. The Morgan fingerprint density at radius 3 is 2.33 bits per heavy atom. The van der Waals surface area contributed by atoms with Gasteiger partial charge in [-0.1, -0.05) is 24.8 Å². The molecule has 2 aromatic carbocycles. The molecule has 0 bridgehead atoms. The first-order valence-corrected chi connectivity index (χ1v) is 12.2. The van der Waals surface area contributed by atoms with Crippen LogP contribution in [0.5, 0.6) is 5.75 Å². The van der Waals surface area contributed by atoms with Crippen LogP contribution in [0.1, 0.15) is 56.1 Å². The molecular formula is C29H41Cl2N3O2. The van der Waals surface area contributed by atoms with Gasteiger partial charge in [0.25, 0.3) is 5.91 Å². The molecule has 1 fully saturated rings. The number of hydrogen-bond acceptors (Lipinski definition) is 4. The van der Waals surface area contributed by atoms with E-state index in [1.54, 1.807) is 7.11 Å². The van der Waals surface area contributed by atoms with Crippen LogP contribution in [-0.4, -0.2) is 55.2 Å². The Hall–Kier alpha value is -2.43. The highest BCUT2D eigenvalue weighted by Gasteiger charge is 2.40. The Kier molecular flexibility index (Phi) is 12.1. The van der Waals surface area contributed by atoms with Crippen molar-refractivity contribution in [1.29, 1.82) is 0 Å². The topological polar surface area (TPSA) is 44.8 Å². The van der Waals surface area contributed by atoms with E-state index in [9.17, 15) is 4.79 Å². The van der Waals surface area contributed by atoms with Gasteiger partial charge < -0.3 is 19.9 Å². The molecule has 1 amide bonds. The van der Waals surface area contributed by atoms with Crippen molar-refractivity contribution in [1.82, 2.24) is 10.2 Å². The molecule has 2 unspecified atom stereocenters. The number of carbonyl (C=O) groups is 1. The molecule has 1 N–H and O–H groups in total.